The second-order valence-corrected chi connectivity index (χ2v) is 8.55. The van der Waals surface area contributed by atoms with E-state index in [9.17, 15) is 4.79 Å². The lowest BCUT2D eigenvalue weighted by Crippen LogP contribution is -2.26. The van der Waals surface area contributed by atoms with E-state index in [-0.39, 0.29) is 5.91 Å². The molecule has 6 rings (SSSR count). The van der Waals surface area contributed by atoms with E-state index in [0.29, 0.717) is 18.5 Å². The summed E-state index contributed by atoms with van der Waals surface area (Å²) in [5.74, 6) is 1.48. The predicted octanol–water partition coefficient (Wildman–Crippen LogP) is 5.08. The molecule has 0 aliphatic carbocycles. The first-order valence-corrected chi connectivity index (χ1v) is 11.7. The van der Waals surface area contributed by atoms with Crippen molar-refractivity contribution >= 4 is 33.2 Å². The first-order chi connectivity index (χ1) is 17.7. The smallest absolute Gasteiger partial charge is 0.252 e. The van der Waals surface area contributed by atoms with Gasteiger partial charge in [-0.1, -0.05) is 42.5 Å². The zero-order chi connectivity index (χ0) is 24.5. The molecule has 1 amide bonds. The average Bonchev–Trinajstić information content (AvgIpc) is 3.34. The summed E-state index contributed by atoms with van der Waals surface area (Å²) in [6.07, 6.45) is 2.50. The molecule has 0 aliphatic heterocycles. The molecule has 0 spiro atoms. The van der Waals surface area contributed by atoms with E-state index in [4.69, 9.17) is 9.72 Å². The molecule has 0 unspecified atom stereocenters. The number of hydrogen-bond acceptors (Lipinski definition) is 5. The number of benzene rings is 3. The van der Waals surface area contributed by atoms with Gasteiger partial charge >= 0.3 is 0 Å². The van der Waals surface area contributed by atoms with Crippen LogP contribution in [-0.2, 0) is 6.42 Å². The summed E-state index contributed by atoms with van der Waals surface area (Å²) in [5, 5.41) is 14.5. The van der Waals surface area contributed by atoms with Gasteiger partial charge in [-0.25, -0.2) is 4.98 Å². The molecule has 0 atom stereocenters. The lowest BCUT2D eigenvalue weighted by Gasteiger charge is -2.11. The highest BCUT2D eigenvalue weighted by Crippen LogP contribution is 2.29. The third-order valence-corrected chi connectivity index (χ3v) is 6.32. The highest BCUT2D eigenvalue weighted by Gasteiger charge is 2.15. The Labute approximate surface area is 207 Å². The number of para-hydroxylation sites is 1. The Hall–Kier alpha value is -4.78. The average molecular weight is 474 g/mol. The Kier molecular flexibility index (Phi) is 5.50. The molecule has 3 heterocycles. The van der Waals surface area contributed by atoms with Gasteiger partial charge in [0, 0.05) is 30.1 Å². The van der Waals surface area contributed by atoms with Gasteiger partial charge in [-0.05, 0) is 53.2 Å². The van der Waals surface area contributed by atoms with Gasteiger partial charge in [0.1, 0.15) is 11.6 Å². The number of ether oxygens (including phenoxy) is 1. The molecule has 1 N–H and O–H groups in total. The lowest BCUT2D eigenvalue weighted by atomic mass is 10.0. The summed E-state index contributed by atoms with van der Waals surface area (Å²) in [7, 11) is 1.66. The number of pyridine rings is 2. The van der Waals surface area contributed by atoms with Crippen LogP contribution in [0.25, 0.3) is 38.6 Å². The van der Waals surface area contributed by atoms with Gasteiger partial charge in [-0.15, -0.1) is 10.2 Å². The number of fused-ring (bicyclic) bond motifs is 3. The summed E-state index contributed by atoms with van der Waals surface area (Å²) in [6, 6.07) is 27.5. The fourth-order valence-electron chi connectivity index (χ4n) is 4.47. The molecule has 0 radical (unpaired) electrons. The number of aromatic nitrogens is 4. The number of nitrogens with zero attached hydrogens (tertiary/aromatic N) is 4. The SMILES string of the molecule is COc1ccc2cc(-c3cc(C(=O)NCCc4nnc5ccccn45)c4ccccc4n3)ccc2c1. The van der Waals surface area contributed by atoms with Gasteiger partial charge in [0.05, 0.1) is 23.9 Å². The Bertz CT molecular complexity index is 1740. The number of hydrogen-bond donors (Lipinski definition) is 1. The monoisotopic (exact) mass is 473 g/mol. The maximum absolute atomic E-state index is 13.3. The zero-order valence-corrected chi connectivity index (χ0v) is 19.7. The molecular formula is C29H23N5O2. The van der Waals surface area contributed by atoms with Gasteiger partial charge < -0.3 is 10.1 Å². The topological polar surface area (TPSA) is 81.4 Å². The maximum atomic E-state index is 13.3. The van der Waals surface area contributed by atoms with Gasteiger partial charge in [0.15, 0.2) is 5.65 Å². The summed E-state index contributed by atoms with van der Waals surface area (Å²) >= 11 is 0. The molecular weight excluding hydrogens is 450 g/mol. The second-order valence-electron chi connectivity index (χ2n) is 8.55. The van der Waals surface area contributed by atoms with E-state index in [1.807, 2.05) is 89.5 Å². The van der Waals surface area contributed by atoms with Crippen LogP contribution in [-0.4, -0.2) is 39.1 Å². The third kappa shape index (κ3) is 4.01. The van der Waals surface area contributed by atoms with E-state index in [0.717, 1.165) is 50.2 Å². The van der Waals surface area contributed by atoms with Crippen molar-refractivity contribution in [1.82, 2.24) is 24.9 Å². The Morgan fingerprint density at radius 2 is 1.75 bits per heavy atom. The van der Waals surface area contributed by atoms with Crippen LogP contribution in [0.3, 0.4) is 0 Å². The molecule has 3 aromatic heterocycles. The minimum Gasteiger partial charge on any atom is -0.497 e. The van der Waals surface area contributed by atoms with E-state index in [1.54, 1.807) is 7.11 Å². The van der Waals surface area contributed by atoms with Gasteiger partial charge in [0.25, 0.3) is 5.91 Å². The number of methoxy groups -OCH3 is 1. The summed E-state index contributed by atoms with van der Waals surface area (Å²) in [6.45, 7) is 0.443. The van der Waals surface area contributed by atoms with Crippen molar-refractivity contribution in [3.63, 3.8) is 0 Å². The molecule has 6 aromatic rings. The summed E-state index contributed by atoms with van der Waals surface area (Å²) < 4.78 is 7.27. The molecule has 7 heteroatoms. The highest BCUT2D eigenvalue weighted by atomic mass is 16.5. The van der Waals surface area contributed by atoms with Gasteiger partial charge in [-0.2, -0.15) is 0 Å². The zero-order valence-electron chi connectivity index (χ0n) is 19.7. The second kappa shape index (κ2) is 9.11. The van der Waals surface area contributed by atoms with Crippen LogP contribution in [0.5, 0.6) is 5.75 Å². The molecule has 0 saturated heterocycles. The van der Waals surface area contributed by atoms with Crippen molar-refractivity contribution in [2.45, 2.75) is 6.42 Å². The summed E-state index contributed by atoms with van der Waals surface area (Å²) in [4.78, 5) is 18.2. The largest absolute Gasteiger partial charge is 0.497 e. The molecule has 7 nitrogen and oxygen atoms in total. The molecule has 0 bridgehead atoms. The van der Waals surface area contributed by atoms with Crippen molar-refractivity contribution in [2.24, 2.45) is 0 Å². The van der Waals surface area contributed by atoms with Crippen molar-refractivity contribution in [3.8, 4) is 17.0 Å². The Balaban J connectivity index is 1.30. The van der Waals surface area contributed by atoms with Crippen LogP contribution < -0.4 is 10.1 Å². The Morgan fingerprint density at radius 1 is 0.917 bits per heavy atom. The van der Waals surface area contributed by atoms with Crippen molar-refractivity contribution in [1.29, 1.82) is 0 Å². The van der Waals surface area contributed by atoms with Crippen LogP contribution in [0.15, 0.2) is 91.1 Å². The number of rotatable bonds is 6. The lowest BCUT2D eigenvalue weighted by molar-refractivity contribution is 0.0955. The van der Waals surface area contributed by atoms with Crippen molar-refractivity contribution in [3.05, 3.63) is 103 Å². The molecule has 176 valence electrons. The number of nitrogens with one attached hydrogen (secondary N) is 1. The first-order valence-electron chi connectivity index (χ1n) is 11.7. The fraction of sp³-hybridized carbons (Fsp3) is 0.103. The minimum absolute atomic E-state index is 0.144. The van der Waals surface area contributed by atoms with Crippen LogP contribution in [0.4, 0.5) is 0 Å². The fourth-order valence-corrected chi connectivity index (χ4v) is 4.47. The Morgan fingerprint density at radius 3 is 2.67 bits per heavy atom. The van der Waals surface area contributed by atoms with Crippen LogP contribution in [0.2, 0.25) is 0 Å². The van der Waals surface area contributed by atoms with Crippen LogP contribution >= 0.6 is 0 Å². The molecule has 0 saturated carbocycles. The molecule has 0 aliphatic rings. The third-order valence-electron chi connectivity index (χ3n) is 6.32. The quantitative estimate of drug-likeness (QED) is 0.365. The van der Waals surface area contributed by atoms with E-state index < -0.39 is 0 Å². The molecule has 3 aromatic carbocycles. The number of amides is 1. The van der Waals surface area contributed by atoms with Gasteiger partial charge in [0.2, 0.25) is 0 Å². The van der Waals surface area contributed by atoms with E-state index in [2.05, 4.69) is 21.6 Å². The van der Waals surface area contributed by atoms with Crippen LogP contribution in [0.1, 0.15) is 16.2 Å². The normalized spacial score (nSPS) is 11.2. The van der Waals surface area contributed by atoms with Crippen LogP contribution in [0, 0.1) is 0 Å². The highest BCUT2D eigenvalue weighted by molar-refractivity contribution is 6.07. The predicted molar refractivity (Wildman–Crippen MR) is 140 cm³/mol. The van der Waals surface area contributed by atoms with E-state index >= 15 is 0 Å². The number of carbonyl (C=O) groups is 1. The molecule has 36 heavy (non-hydrogen) atoms. The van der Waals surface area contributed by atoms with E-state index in [1.165, 1.54) is 0 Å². The standard InChI is InChI=1S/C29H23N5O2/c1-36-22-12-11-19-16-21(10-9-20(19)17-22)26-18-24(23-6-2-3-7-25(23)31-26)29(35)30-14-13-28-33-32-27-8-4-5-15-34(27)28/h2-12,15-18H,13-14H2,1H3,(H,30,35). The first kappa shape index (κ1) is 21.7. The maximum Gasteiger partial charge on any atom is 0.252 e. The minimum atomic E-state index is -0.144. The molecule has 0 fully saturated rings. The number of carbonyl (C=O) groups excluding carboxylic acids is 1. The van der Waals surface area contributed by atoms with Crippen molar-refractivity contribution in [2.75, 3.05) is 13.7 Å². The van der Waals surface area contributed by atoms with Gasteiger partial charge in [-0.3, -0.25) is 9.20 Å². The van der Waals surface area contributed by atoms with Crippen molar-refractivity contribution < 1.29 is 9.53 Å². The summed E-state index contributed by atoms with van der Waals surface area (Å²) in [5.41, 5.74) is 3.86.